The van der Waals surface area contributed by atoms with Crippen molar-refractivity contribution in [3.63, 3.8) is 0 Å². The highest BCUT2D eigenvalue weighted by atomic mass is 35.5. The first-order valence-corrected chi connectivity index (χ1v) is 11.2. The van der Waals surface area contributed by atoms with E-state index < -0.39 is 15.6 Å². The zero-order valence-electron chi connectivity index (χ0n) is 16.0. The van der Waals surface area contributed by atoms with Crippen molar-refractivity contribution in [1.29, 1.82) is 5.26 Å². The summed E-state index contributed by atoms with van der Waals surface area (Å²) >= 11 is 6.04. The molecule has 0 spiro atoms. The second-order valence-corrected chi connectivity index (χ2v) is 8.96. The standard InChI is InChI=1S/C21H20ClN3O3S/c1-3-21(20(26)11-13-23,15-7-9-16(22)10-8-15)25-14-12-17-18(24-29(2,27)28)5-4-6-19(17)25/h4-10,12,14,24H,3,11H2,1-2H3. The molecule has 1 atom stereocenters. The number of anilines is 1. The van der Waals surface area contributed by atoms with E-state index in [0.29, 0.717) is 33.6 Å². The summed E-state index contributed by atoms with van der Waals surface area (Å²) in [5.41, 5.74) is 0.703. The van der Waals surface area contributed by atoms with Crippen LogP contribution in [0.25, 0.3) is 10.9 Å². The van der Waals surface area contributed by atoms with Gasteiger partial charge in [0.05, 0.1) is 29.9 Å². The third-order valence-corrected chi connectivity index (χ3v) is 5.82. The Hall–Kier alpha value is -2.82. The number of fused-ring (bicyclic) bond motifs is 1. The molecule has 0 fully saturated rings. The fourth-order valence-electron chi connectivity index (χ4n) is 3.74. The van der Waals surface area contributed by atoms with Crippen molar-refractivity contribution in [1.82, 2.24) is 4.57 Å². The summed E-state index contributed by atoms with van der Waals surface area (Å²) in [6.45, 7) is 1.88. The van der Waals surface area contributed by atoms with Gasteiger partial charge in [0.15, 0.2) is 5.78 Å². The molecular weight excluding hydrogens is 410 g/mol. The lowest BCUT2D eigenvalue weighted by Gasteiger charge is -2.34. The van der Waals surface area contributed by atoms with E-state index in [9.17, 15) is 18.5 Å². The van der Waals surface area contributed by atoms with Crippen LogP contribution in [0.15, 0.2) is 54.7 Å². The molecule has 1 heterocycles. The van der Waals surface area contributed by atoms with Gasteiger partial charge >= 0.3 is 0 Å². The smallest absolute Gasteiger partial charge is 0.229 e. The molecular formula is C21H20ClN3O3S. The maximum absolute atomic E-state index is 13.2. The van der Waals surface area contributed by atoms with Crippen LogP contribution in [0, 0.1) is 11.3 Å². The van der Waals surface area contributed by atoms with Crippen molar-refractivity contribution in [3.05, 3.63) is 65.3 Å². The summed E-state index contributed by atoms with van der Waals surface area (Å²) in [5.74, 6) is -0.246. The number of halogens is 1. The molecule has 3 aromatic rings. The minimum absolute atomic E-state index is 0.246. The van der Waals surface area contributed by atoms with E-state index in [1.54, 1.807) is 48.7 Å². The highest BCUT2D eigenvalue weighted by molar-refractivity contribution is 7.92. The maximum atomic E-state index is 13.2. The lowest BCUT2D eigenvalue weighted by Crippen LogP contribution is -2.42. The molecule has 0 saturated carbocycles. The third-order valence-electron chi connectivity index (χ3n) is 4.97. The summed E-state index contributed by atoms with van der Waals surface area (Å²) in [6.07, 6.45) is 2.99. The number of carbonyl (C=O) groups excluding carboxylic acids is 1. The fourth-order valence-corrected chi connectivity index (χ4v) is 4.44. The lowest BCUT2D eigenvalue weighted by atomic mass is 9.81. The molecule has 29 heavy (non-hydrogen) atoms. The number of ketones is 1. The Morgan fingerprint density at radius 3 is 2.48 bits per heavy atom. The first kappa shape index (κ1) is 20.9. The van der Waals surface area contributed by atoms with Crippen LogP contribution in [-0.4, -0.2) is 25.0 Å². The molecule has 1 unspecified atom stereocenters. The number of carbonyl (C=O) groups is 1. The number of sulfonamides is 1. The van der Waals surface area contributed by atoms with Gasteiger partial charge in [-0.1, -0.05) is 36.7 Å². The van der Waals surface area contributed by atoms with Gasteiger partial charge in [0.1, 0.15) is 5.54 Å². The van der Waals surface area contributed by atoms with E-state index >= 15 is 0 Å². The van der Waals surface area contributed by atoms with Crippen molar-refractivity contribution >= 4 is 44.0 Å². The summed E-state index contributed by atoms with van der Waals surface area (Å²) in [5, 5.41) is 10.4. The Labute approximate surface area is 174 Å². The quantitative estimate of drug-likeness (QED) is 0.605. The van der Waals surface area contributed by atoms with Crippen molar-refractivity contribution in [2.24, 2.45) is 0 Å². The van der Waals surface area contributed by atoms with Crippen LogP contribution in [-0.2, 0) is 20.4 Å². The number of rotatable bonds is 7. The average Bonchev–Trinajstić information content (AvgIpc) is 3.09. The summed E-state index contributed by atoms with van der Waals surface area (Å²) in [4.78, 5) is 13.2. The van der Waals surface area contributed by atoms with E-state index in [1.165, 1.54) is 0 Å². The summed E-state index contributed by atoms with van der Waals surface area (Å²) in [6, 6.07) is 15.9. The second kappa shape index (κ2) is 7.90. The first-order chi connectivity index (χ1) is 13.7. The van der Waals surface area contributed by atoms with Gasteiger partial charge in [-0.3, -0.25) is 9.52 Å². The monoisotopic (exact) mass is 429 g/mol. The largest absolute Gasteiger partial charge is 0.330 e. The van der Waals surface area contributed by atoms with Gasteiger partial charge < -0.3 is 4.57 Å². The Balaban J connectivity index is 2.30. The minimum atomic E-state index is -3.47. The van der Waals surface area contributed by atoms with Gasteiger partial charge in [-0.15, -0.1) is 0 Å². The Kier molecular flexibility index (Phi) is 5.69. The fraction of sp³-hybridized carbons (Fsp3) is 0.238. The zero-order valence-corrected chi connectivity index (χ0v) is 17.6. The molecule has 2 aromatic carbocycles. The van der Waals surface area contributed by atoms with Crippen molar-refractivity contribution in [2.75, 3.05) is 11.0 Å². The molecule has 6 nitrogen and oxygen atoms in total. The zero-order chi connectivity index (χ0) is 21.2. The molecule has 1 N–H and O–H groups in total. The molecule has 0 amide bonds. The van der Waals surface area contributed by atoms with Crippen LogP contribution in [0.1, 0.15) is 25.3 Å². The number of Topliss-reactive ketones (excluding diaryl/α,β-unsaturated/α-hetero) is 1. The third kappa shape index (κ3) is 3.86. The number of hydrogen-bond acceptors (Lipinski definition) is 4. The Morgan fingerprint density at radius 1 is 1.21 bits per heavy atom. The number of nitriles is 1. The van der Waals surface area contributed by atoms with Crippen LogP contribution in [0.2, 0.25) is 5.02 Å². The molecule has 1 aromatic heterocycles. The number of nitrogens with one attached hydrogen (secondary N) is 1. The SMILES string of the molecule is CCC(C(=O)CC#N)(c1ccc(Cl)cc1)n1ccc2c(NS(C)(=O)=O)cccc21. The number of aromatic nitrogens is 1. The van der Waals surface area contributed by atoms with E-state index in [4.69, 9.17) is 11.6 Å². The maximum Gasteiger partial charge on any atom is 0.229 e. The van der Waals surface area contributed by atoms with Crippen molar-refractivity contribution in [3.8, 4) is 6.07 Å². The van der Waals surface area contributed by atoms with Crippen LogP contribution in [0.5, 0.6) is 0 Å². The first-order valence-electron chi connectivity index (χ1n) is 8.97. The van der Waals surface area contributed by atoms with Gasteiger partial charge in [-0.05, 0) is 42.3 Å². The number of benzene rings is 2. The van der Waals surface area contributed by atoms with E-state index in [2.05, 4.69) is 4.72 Å². The predicted octanol–water partition coefficient (Wildman–Crippen LogP) is 4.30. The van der Waals surface area contributed by atoms with Crippen LogP contribution < -0.4 is 4.72 Å². The summed E-state index contributed by atoms with van der Waals surface area (Å²) in [7, 11) is -3.47. The summed E-state index contributed by atoms with van der Waals surface area (Å²) < 4.78 is 27.8. The molecule has 0 aliphatic carbocycles. The number of nitrogens with zero attached hydrogens (tertiary/aromatic N) is 2. The highest BCUT2D eigenvalue weighted by Crippen LogP contribution is 2.38. The lowest BCUT2D eigenvalue weighted by molar-refractivity contribution is -0.124. The van der Waals surface area contributed by atoms with Gasteiger partial charge in [-0.25, -0.2) is 8.42 Å². The molecule has 0 aliphatic heterocycles. The number of hydrogen-bond donors (Lipinski definition) is 1. The van der Waals surface area contributed by atoms with E-state index in [0.717, 1.165) is 6.26 Å². The molecule has 3 rings (SSSR count). The minimum Gasteiger partial charge on any atom is -0.330 e. The van der Waals surface area contributed by atoms with Gasteiger partial charge in [0, 0.05) is 16.6 Å². The topological polar surface area (TPSA) is 92.0 Å². The normalized spacial score (nSPS) is 13.6. The van der Waals surface area contributed by atoms with E-state index in [-0.39, 0.29) is 12.2 Å². The van der Waals surface area contributed by atoms with Gasteiger partial charge in [-0.2, -0.15) is 5.26 Å². The van der Waals surface area contributed by atoms with Crippen LogP contribution >= 0.6 is 11.6 Å². The van der Waals surface area contributed by atoms with Crippen LogP contribution in [0.4, 0.5) is 5.69 Å². The molecule has 0 saturated heterocycles. The molecule has 150 valence electrons. The Morgan fingerprint density at radius 2 is 1.90 bits per heavy atom. The van der Waals surface area contributed by atoms with Crippen molar-refractivity contribution in [2.45, 2.75) is 25.3 Å². The molecule has 0 bridgehead atoms. The van der Waals surface area contributed by atoms with Crippen molar-refractivity contribution < 1.29 is 13.2 Å². The van der Waals surface area contributed by atoms with Gasteiger partial charge in [0.25, 0.3) is 0 Å². The molecule has 8 heteroatoms. The highest BCUT2D eigenvalue weighted by Gasteiger charge is 2.40. The molecule has 0 aliphatic rings. The van der Waals surface area contributed by atoms with E-state index in [1.807, 2.05) is 23.6 Å². The Bertz CT molecular complexity index is 1210. The average molecular weight is 430 g/mol. The predicted molar refractivity (Wildman–Crippen MR) is 114 cm³/mol. The van der Waals surface area contributed by atoms with Gasteiger partial charge in [0.2, 0.25) is 10.0 Å². The second-order valence-electron chi connectivity index (χ2n) is 6.78. The van der Waals surface area contributed by atoms with Crippen LogP contribution in [0.3, 0.4) is 0 Å². The molecule has 0 radical (unpaired) electrons.